The van der Waals surface area contributed by atoms with E-state index in [0.717, 1.165) is 11.8 Å². The molecule has 0 N–H and O–H groups in total. The van der Waals surface area contributed by atoms with Crippen LogP contribution in [0.2, 0.25) is 0 Å². The fourth-order valence-electron chi connectivity index (χ4n) is 10.4. The van der Waals surface area contributed by atoms with Crippen molar-refractivity contribution in [1.82, 2.24) is 0 Å². The monoisotopic (exact) mass is 639 g/mol. The Bertz CT molecular complexity index is 2630. The maximum absolute atomic E-state index is 2.52. The van der Waals surface area contributed by atoms with Gasteiger partial charge in [-0.05, 0) is 128 Å². The van der Waals surface area contributed by atoms with Crippen LogP contribution in [0.15, 0.2) is 164 Å². The maximum atomic E-state index is 2.52. The van der Waals surface area contributed by atoms with Gasteiger partial charge in [-0.3, -0.25) is 0 Å². The van der Waals surface area contributed by atoms with Crippen molar-refractivity contribution in [3.63, 3.8) is 0 Å². The second-order valence-electron chi connectivity index (χ2n) is 14.9. The second-order valence-corrected chi connectivity index (χ2v) is 14.9. The lowest BCUT2D eigenvalue weighted by molar-refractivity contribution is 0.327. The quantitative estimate of drug-likeness (QED) is 0.173. The Morgan fingerprint density at radius 2 is 1.18 bits per heavy atom. The lowest BCUT2D eigenvalue weighted by atomic mass is 9.67. The molecule has 3 aliphatic carbocycles. The van der Waals surface area contributed by atoms with E-state index in [2.05, 4.69) is 169 Å². The summed E-state index contributed by atoms with van der Waals surface area (Å²) < 4.78 is 0. The van der Waals surface area contributed by atoms with Crippen molar-refractivity contribution in [2.24, 2.45) is 11.8 Å². The Morgan fingerprint density at radius 1 is 0.480 bits per heavy atom. The molecule has 3 unspecified atom stereocenters. The molecule has 11 rings (SSSR count). The zero-order chi connectivity index (χ0) is 32.8. The summed E-state index contributed by atoms with van der Waals surface area (Å²) in [5, 5.41) is 7.69. The molecule has 8 aromatic carbocycles. The highest BCUT2D eigenvalue weighted by Gasteiger charge is 2.57. The van der Waals surface area contributed by atoms with Crippen molar-refractivity contribution < 1.29 is 0 Å². The predicted octanol–water partition coefficient (Wildman–Crippen LogP) is 13.4. The number of hydrogen-bond acceptors (Lipinski definition) is 1. The third kappa shape index (κ3) is 3.95. The molecular weight excluding hydrogens is 603 g/mol. The Morgan fingerprint density at radius 3 is 2.00 bits per heavy atom. The highest BCUT2D eigenvalue weighted by molar-refractivity contribution is 6.13. The molecule has 50 heavy (non-hydrogen) atoms. The van der Waals surface area contributed by atoms with Gasteiger partial charge in [-0.15, -0.1) is 0 Å². The molecule has 238 valence electrons. The van der Waals surface area contributed by atoms with Crippen LogP contribution in [0.1, 0.15) is 36.8 Å². The summed E-state index contributed by atoms with van der Waals surface area (Å²) >= 11 is 0. The van der Waals surface area contributed by atoms with Gasteiger partial charge in [-0.25, -0.2) is 0 Å². The van der Waals surface area contributed by atoms with E-state index in [9.17, 15) is 0 Å². The minimum atomic E-state index is 0.140. The van der Waals surface area contributed by atoms with Crippen LogP contribution in [0.3, 0.4) is 0 Å². The molecule has 3 aliphatic rings. The maximum Gasteiger partial charge on any atom is 0.0543 e. The summed E-state index contributed by atoms with van der Waals surface area (Å²) in [6.07, 6.45) is 5.40. The fraction of sp³-hybridized carbons (Fsp3) is 0.143. The fourth-order valence-corrected chi connectivity index (χ4v) is 10.4. The van der Waals surface area contributed by atoms with Gasteiger partial charge in [0.1, 0.15) is 0 Å². The van der Waals surface area contributed by atoms with Crippen LogP contribution in [0.5, 0.6) is 0 Å². The average molecular weight is 640 g/mol. The van der Waals surface area contributed by atoms with Crippen molar-refractivity contribution in [1.29, 1.82) is 0 Å². The molecule has 2 fully saturated rings. The van der Waals surface area contributed by atoms with Crippen molar-refractivity contribution in [3.05, 3.63) is 175 Å². The van der Waals surface area contributed by atoms with E-state index in [1.54, 1.807) is 11.1 Å². The lowest BCUT2D eigenvalue weighted by Gasteiger charge is -2.37. The van der Waals surface area contributed by atoms with Gasteiger partial charge in [0.2, 0.25) is 0 Å². The van der Waals surface area contributed by atoms with Gasteiger partial charge in [0.15, 0.2) is 0 Å². The van der Waals surface area contributed by atoms with Gasteiger partial charge in [-0.1, -0.05) is 134 Å². The first-order valence-corrected chi connectivity index (χ1v) is 18.3. The van der Waals surface area contributed by atoms with Gasteiger partial charge in [0.05, 0.1) is 5.69 Å². The largest absolute Gasteiger partial charge is 0.310 e. The number of benzene rings is 8. The lowest BCUT2D eigenvalue weighted by Crippen LogP contribution is -2.31. The van der Waals surface area contributed by atoms with Gasteiger partial charge >= 0.3 is 0 Å². The number of anilines is 3. The molecule has 0 amide bonds. The normalized spacial score (nSPS) is 20.2. The van der Waals surface area contributed by atoms with Crippen LogP contribution in [-0.4, -0.2) is 0 Å². The van der Waals surface area contributed by atoms with Crippen molar-refractivity contribution in [2.45, 2.75) is 31.1 Å². The first-order valence-electron chi connectivity index (χ1n) is 18.3. The third-order valence-corrected chi connectivity index (χ3v) is 12.5. The van der Waals surface area contributed by atoms with E-state index >= 15 is 0 Å². The Kier molecular flexibility index (Phi) is 6.02. The molecule has 3 atom stereocenters. The molecular formula is C49H37N. The Balaban J connectivity index is 1.12. The number of nitrogens with zero attached hydrogens (tertiary/aromatic N) is 1. The van der Waals surface area contributed by atoms with Gasteiger partial charge in [-0.2, -0.15) is 0 Å². The molecule has 0 saturated heterocycles. The first-order chi connectivity index (χ1) is 24.8. The van der Waals surface area contributed by atoms with Gasteiger partial charge < -0.3 is 4.90 Å². The summed E-state index contributed by atoms with van der Waals surface area (Å²) in [5.74, 6) is 1.58. The smallest absolute Gasteiger partial charge is 0.0543 e. The molecule has 0 heterocycles. The van der Waals surface area contributed by atoms with E-state index in [4.69, 9.17) is 0 Å². The average Bonchev–Trinajstić information content (AvgIpc) is 3.88. The van der Waals surface area contributed by atoms with E-state index in [1.165, 1.54) is 97.3 Å². The van der Waals surface area contributed by atoms with Gasteiger partial charge in [0.25, 0.3) is 0 Å². The summed E-state index contributed by atoms with van der Waals surface area (Å²) in [6.45, 7) is 0. The molecule has 2 saturated carbocycles. The van der Waals surface area contributed by atoms with E-state index < -0.39 is 0 Å². The number of rotatable bonds is 4. The minimum absolute atomic E-state index is 0.140. The molecule has 1 heteroatoms. The molecule has 1 nitrogen and oxygen atoms in total. The van der Waals surface area contributed by atoms with Crippen LogP contribution in [0.4, 0.5) is 17.1 Å². The van der Waals surface area contributed by atoms with Crippen molar-refractivity contribution in [3.8, 4) is 22.3 Å². The predicted molar refractivity (Wildman–Crippen MR) is 211 cm³/mol. The second kappa shape index (κ2) is 10.7. The van der Waals surface area contributed by atoms with Crippen LogP contribution in [-0.2, 0) is 5.41 Å². The Hall–Kier alpha value is -5.66. The minimum Gasteiger partial charge on any atom is -0.310 e. The zero-order valence-electron chi connectivity index (χ0n) is 28.0. The van der Waals surface area contributed by atoms with Crippen LogP contribution in [0, 0.1) is 11.8 Å². The van der Waals surface area contributed by atoms with Crippen molar-refractivity contribution >= 4 is 49.4 Å². The van der Waals surface area contributed by atoms with E-state index in [0.29, 0.717) is 0 Å². The molecule has 8 aromatic rings. The SMILES string of the molecule is c1ccc2c(c1)-c1c(N(c3ccc(-c4cc5ccccc5c5ccccc45)cc3)c3ccc4ccccc4c3)cccc1C21CC2CCC1C2. The summed E-state index contributed by atoms with van der Waals surface area (Å²) in [4.78, 5) is 2.52. The molecule has 0 radical (unpaired) electrons. The third-order valence-electron chi connectivity index (χ3n) is 12.5. The highest BCUT2D eigenvalue weighted by Crippen LogP contribution is 2.67. The standard InChI is InChI=1S/C49H37N/c1-2-11-35-29-39(27-21-33(35)10-1)50(38-25-22-34(23-26-38)44-30-36-12-3-4-13-40(36)41-14-5-6-15-42(41)44)47-19-9-18-46-48(47)43-16-7-8-17-45(43)49(46)31-32-20-24-37(49)28-32/h1-19,21-23,25-27,29-30,32,37H,20,24,28,31H2. The zero-order valence-corrected chi connectivity index (χ0v) is 28.0. The Labute approximate surface area is 293 Å². The summed E-state index contributed by atoms with van der Waals surface area (Å²) in [5.41, 5.74) is 12.2. The summed E-state index contributed by atoms with van der Waals surface area (Å²) in [6, 6.07) is 61.5. The highest BCUT2D eigenvalue weighted by atomic mass is 15.1. The van der Waals surface area contributed by atoms with Crippen LogP contribution < -0.4 is 4.90 Å². The summed E-state index contributed by atoms with van der Waals surface area (Å²) in [7, 11) is 0. The first kappa shape index (κ1) is 28.2. The number of hydrogen-bond donors (Lipinski definition) is 0. The van der Waals surface area contributed by atoms with E-state index in [1.807, 2.05) is 0 Å². The van der Waals surface area contributed by atoms with Crippen LogP contribution in [0.25, 0.3) is 54.6 Å². The topological polar surface area (TPSA) is 3.24 Å². The van der Waals surface area contributed by atoms with Gasteiger partial charge in [0, 0.05) is 22.4 Å². The number of fused-ring (bicyclic) bond motifs is 12. The molecule has 2 bridgehead atoms. The van der Waals surface area contributed by atoms with Crippen LogP contribution >= 0.6 is 0 Å². The molecule has 1 spiro atoms. The van der Waals surface area contributed by atoms with Crippen molar-refractivity contribution in [2.75, 3.05) is 4.90 Å². The van der Waals surface area contributed by atoms with E-state index in [-0.39, 0.29) is 5.41 Å². The molecule has 0 aliphatic heterocycles. The molecule has 0 aromatic heterocycles.